The predicted molar refractivity (Wildman–Crippen MR) is 122 cm³/mol. The van der Waals surface area contributed by atoms with Gasteiger partial charge in [-0.3, -0.25) is 14.5 Å². The Labute approximate surface area is 178 Å². The summed E-state index contributed by atoms with van der Waals surface area (Å²) in [5.74, 6) is 0.682. The monoisotopic (exact) mass is 410 g/mol. The van der Waals surface area contributed by atoms with Crippen LogP contribution in [0.1, 0.15) is 62.5 Å². The standard InChI is InChI=1S/C24H30N2O2S/c1-3-5-6-7-8-22(27)25-20-13-11-19(12-14-20)24-26(23(28)17-29-24)21-15-9-18(4-2)10-16-21/h9-16,24H,3-8,17H2,1-2H3,(H,25,27). The molecular formula is C24H30N2O2S. The van der Waals surface area contributed by atoms with Crippen molar-refractivity contribution in [1.29, 1.82) is 0 Å². The highest BCUT2D eigenvalue weighted by atomic mass is 32.2. The van der Waals surface area contributed by atoms with Gasteiger partial charge in [-0.15, -0.1) is 11.8 Å². The lowest BCUT2D eigenvalue weighted by Crippen LogP contribution is -2.27. The second-order valence-corrected chi connectivity index (χ2v) is 8.50. The SMILES string of the molecule is CCCCCCC(=O)Nc1ccc(C2SCC(=O)N2c2ccc(CC)cc2)cc1. The number of thioether (sulfide) groups is 1. The molecule has 2 aromatic rings. The number of carbonyl (C=O) groups is 2. The smallest absolute Gasteiger partial charge is 0.238 e. The van der Waals surface area contributed by atoms with Crippen LogP contribution in [0.3, 0.4) is 0 Å². The van der Waals surface area contributed by atoms with Gasteiger partial charge in [0.05, 0.1) is 5.75 Å². The molecular weight excluding hydrogens is 380 g/mol. The van der Waals surface area contributed by atoms with Gasteiger partial charge in [-0.2, -0.15) is 0 Å². The molecule has 154 valence electrons. The van der Waals surface area contributed by atoms with Gasteiger partial charge in [0.15, 0.2) is 0 Å². The first kappa shape index (κ1) is 21.4. The summed E-state index contributed by atoms with van der Waals surface area (Å²) in [5, 5.41) is 2.94. The van der Waals surface area contributed by atoms with E-state index in [0.29, 0.717) is 12.2 Å². The van der Waals surface area contributed by atoms with Crippen LogP contribution in [0.4, 0.5) is 11.4 Å². The van der Waals surface area contributed by atoms with Crippen molar-refractivity contribution in [3.63, 3.8) is 0 Å². The number of benzene rings is 2. The van der Waals surface area contributed by atoms with E-state index < -0.39 is 0 Å². The fourth-order valence-electron chi connectivity index (χ4n) is 3.51. The maximum absolute atomic E-state index is 12.5. The van der Waals surface area contributed by atoms with E-state index >= 15 is 0 Å². The average molecular weight is 411 g/mol. The molecule has 1 unspecified atom stereocenters. The van der Waals surface area contributed by atoms with Crippen LogP contribution in [0.5, 0.6) is 0 Å². The Hall–Kier alpha value is -2.27. The number of nitrogens with one attached hydrogen (secondary N) is 1. The summed E-state index contributed by atoms with van der Waals surface area (Å²) in [4.78, 5) is 26.5. The predicted octanol–water partition coefficient (Wildman–Crippen LogP) is 5.94. The highest BCUT2D eigenvalue weighted by molar-refractivity contribution is 8.00. The number of aryl methyl sites for hydroxylation is 1. The zero-order valence-electron chi connectivity index (χ0n) is 17.3. The number of amides is 2. The van der Waals surface area contributed by atoms with Gasteiger partial charge < -0.3 is 5.32 Å². The van der Waals surface area contributed by atoms with Crippen LogP contribution in [0.15, 0.2) is 48.5 Å². The van der Waals surface area contributed by atoms with Crippen LogP contribution in [-0.2, 0) is 16.0 Å². The van der Waals surface area contributed by atoms with Gasteiger partial charge in [-0.05, 0) is 48.2 Å². The fraction of sp³-hybridized carbons (Fsp3) is 0.417. The largest absolute Gasteiger partial charge is 0.326 e. The van der Waals surface area contributed by atoms with Gasteiger partial charge in [0.25, 0.3) is 0 Å². The third-order valence-electron chi connectivity index (χ3n) is 5.23. The van der Waals surface area contributed by atoms with E-state index in [1.165, 1.54) is 18.4 Å². The van der Waals surface area contributed by atoms with E-state index in [9.17, 15) is 9.59 Å². The minimum Gasteiger partial charge on any atom is -0.326 e. The van der Waals surface area contributed by atoms with Gasteiger partial charge >= 0.3 is 0 Å². The first-order chi connectivity index (χ1) is 14.1. The molecule has 1 fully saturated rings. The molecule has 0 saturated carbocycles. The van der Waals surface area contributed by atoms with Crippen LogP contribution in [0, 0.1) is 0 Å². The van der Waals surface area contributed by atoms with E-state index in [1.54, 1.807) is 11.8 Å². The quantitative estimate of drug-likeness (QED) is 0.521. The Morgan fingerprint density at radius 3 is 2.41 bits per heavy atom. The summed E-state index contributed by atoms with van der Waals surface area (Å²) in [7, 11) is 0. The van der Waals surface area contributed by atoms with Gasteiger partial charge in [-0.1, -0.05) is 57.4 Å². The molecule has 0 aromatic heterocycles. The maximum Gasteiger partial charge on any atom is 0.238 e. The second kappa shape index (κ2) is 10.5. The molecule has 1 heterocycles. The van der Waals surface area contributed by atoms with Crippen molar-refractivity contribution in [2.45, 2.75) is 57.7 Å². The van der Waals surface area contributed by atoms with Crippen molar-refractivity contribution in [2.75, 3.05) is 16.0 Å². The van der Waals surface area contributed by atoms with Crippen LogP contribution in [-0.4, -0.2) is 17.6 Å². The molecule has 0 bridgehead atoms. The molecule has 1 saturated heterocycles. The number of rotatable bonds is 9. The molecule has 1 aliphatic rings. The first-order valence-electron chi connectivity index (χ1n) is 10.5. The van der Waals surface area contributed by atoms with Gasteiger partial charge in [-0.25, -0.2) is 0 Å². The van der Waals surface area contributed by atoms with Crippen molar-refractivity contribution in [2.24, 2.45) is 0 Å². The van der Waals surface area contributed by atoms with Crippen LogP contribution in [0.2, 0.25) is 0 Å². The van der Waals surface area contributed by atoms with E-state index in [0.717, 1.165) is 36.2 Å². The molecule has 1 N–H and O–H groups in total. The Balaban J connectivity index is 1.64. The van der Waals surface area contributed by atoms with Crippen molar-refractivity contribution in [3.05, 3.63) is 59.7 Å². The number of hydrogen-bond acceptors (Lipinski definition) is 3. The Kier molecular flexibility index (Phi) is 7.76. The van der Waals surface area contributed by atoms with Crippen molar-refractivity contribution < 1.29 is 9.59 Å². The van der Waals surface area contributed by atoms with Crippen molar-refractivity contribution in [3.8, 4) is 0 Å². The minimum absolute atomic E-state index is 0.0335. The molecule has 0 radical (unpaired) electrons. The summed E-state index contributed by atoms with van der Waals surface area (Å²) in [6.45, 7) is 4.29. The van der Waals surface area contributed by atoms with Crippen LogP contribution >= 0.6 is 11.8 Å². The van der Waals surface area contributed by atoms with E-state index in [1.807, 2.05) is 41.3 Å². The summed E-state index contributed by atoms with van der Waals surface area (Å²) >= 11 is 1.64. The highest BCUT2D eigenvalue weighted by Gasteiger charge is 2.33. The summed E-state index contributed by atoms with van der Waals surface area (Å²) < 4.78 is 0. The molecule has 5 heteroatoms. The third-order valence-corrected chi connectivity index (χ3v) is 6.44. The Morgan fingerprint density at radius 1 is 1.03 bits per heavy atom. The second-order valence-electron chi connectivity index (χ2n) is 7.43. The summed E-state index contributed by atoms with van der Waals surface area (Å²) in [6.07, 6.45) is 5.94. The number of carbonyl (C=O) groups excluding carboxylic acids is 2. The Bertz CT molecular complexity index is 818. The summed E-state index contributed by atoms with van der Waals surface area (Å²) in [6, 6.07) is 16.1. The number of anilines is 2. The molecule has 0 spiro atoms. The average Bonchev–Trinajstić information content (AvgIpc) is 3.13. The fourth-order valence-corrected chi connectivity index (χ4v) is 4.69. The zero-order valence-corrected chi connectivity index (χ0v) is 18.1. The molecule has 0 aliphatic carbocycles. The summed E-state index contributed by atoms with van der Waals surface area (Å²) in [5.41, 5.74) is 4.08. The molecule has 4 nitrogen and oxygen atoms in total. The molecule has 2 amide bonds. The molecule has 2 aromatic carbocycles. The lowest BCUT2D eigenvalue weighted by Gasteiger charge is -2.24. The normalized spacial score (nSPS) is 16.3. The van der Waals surface area contributed by atoms with E-state index in [2.05, 4.69) is 31.3 Å². The molecule has 1 aliphatic heterocycles. The van der Waals surface area contributed by atoms with Crippen LogP contribution < -0.4 is 10.2 Å². The highest BCUT2D eigenvalue weighted by Crippen LogP contribution is 2.42. The van der Waals surface area contributed by atoms with Crippen molar-refractivity contribution in [1.82, 2.24) is 0 Å². The number of hydrogen-bond donors (Lipinski definition) is 1. The minimum atomic E-state index is -0.0335. The Morgan fingerprint density at radius 2 is 1.76 bits per heavy atom. The first-order valence-corrected chi connectivity index (χ1v) is 11.6. The van der Waals surface area contributed by atoms with Gasteiger partial charge in [0.1, 0.15) is 5.37 Å². The van der Waals surface area contributed by atoms with Crippen LogP contribution in [0.25, 0.3) is 0 Å². The number of unbranched alkanes of at least 4 members (excludes halogenated alkanes) is 3. The molecule has 1 atom stereocenters. The van der Waals surface area contributed by atoms with Crippen molar-refractivity contribution >= 4 is 35.0 Å². The molecule has 29 heavy (non-hydrogen) atoms. The maximum atomic E-state index is 12.5. The zero-order chi connectivity index (χ0) is 20.6. The van der Waals surface area contributed by atoms with Gasteiger partial charge in [0, 0.05) is 17.8 Å². The number of nitrogens with zero attached hydrogens (tertiary/aromatic N) is 1. The topological polar surface area (TPSA) is 49.4 Å². The molecule has 3 rings (SSSR count). The van der Waals surface area contributed by atoms with Gasteiger partial charge in [0.2, 0.25) is 11.8 Å². The lowest BCUT2D eigenvalue weighted by atomic mass is 10.1. The van der Waals surface area contributed by atoms with E-state index in [4.69, 9.17) is 0 Å². The lowest BCUT2D eigenvalue weighted by molar-refractivity contribution is -0.116. The third kappa shape index (κ3) is 5.63. The van der Waals surface area contributed by atoms with E-state index in [-0.39, 0.29) is 17.2 Å².